The largest absolute Gasteiger partial charge is 0.475 e. The lowest BCUT2D eigenvalue weighted by molar-refractivity contribution is -0.0594. The standard InChI is InChI=1S/C30H25NO/c1-3-10-22(11-4-1)18-20-25-15-9-17-28-31(25)30(24-13-5-2-6-14-24)29-26-16-8-7-12-23(26)19-21-27(29)32-28/h1-8,10-14,16,19,21,25,28,30H,9,15,17H2/t25-,28-,30+/m0/s1. The molecule has 4 aromatic carbocycles. The minimum atomic E-state index is 0.0395. The van der Waals surface area contributed by atoms with Gasteiger partial charge in [0.1, 0.15) is 5.75 Å². The number of hydrogen-bond donors (Lipinski definition) is 0. The predicted molar refractivity (Wildman–Crippen MR) is 129 cm³/mol. The summed E-state index contributed by atoms with van der Waals surface area (Å²) in [4.78, 5) is 2.53. The van der Waals surface area contributed by atoms with Crippen LogP contribution in [0.2, 0.25) is 0 Å². The molecule has 6 rings (SSSR count). The molecule has 156 valence electrons. The highest BCUT2D eigenvalue weighted by molar-refractivity contribution is 5.89. The van der Waals surface area contributed by atoms with Crippen molar-refractivity contribution in [2.24, 2.45) is 0 Å². The molecule has 4 aromatic rings. The third kappa shape index (κ3) is 3.36. The highest BCUT2D eigenvalue weighted by Gasteiger charge is 2.43. The van der Waals surface area contributed by atoms with Gasteiger partial charge in [0.05, 0.1) is 12.1 Å². The summed E-state index contributed by atoms with van der Waals surface area (Å²) in [6, 6.07) is 34.4. The Kier molecular flexibility index (Phi) is 4.90. The van der Waals surface area contributed by atoms with Crippen molar-refractivity contribution in [2.75, 3.05) is 0 Å². The van der Waals surface area contributed by atoms with Gasteiger partial charge in [-0.2, -0.15) is 0 Å². The zero-order valence-corrected chi connectivity index (χ0v) is 17.9. The minimum Gasteiger partial charge on any atom is -0.475 e. The van der Waals surface area contributed by atoms with Gasteiger partial charge in [0.25, 0.3) is 0 Å². The molecule has 0 radical (unpaired) electrons. The third-order valence-electron chi connectivity index (χ3n) is 6.66. The van der Waals surface area contributed by atoms with Crippen LogP contribution in [0.1, 0.15) is 42.0 Å². The van der Waals surface area contributed by atoms with Crippen molar-refractivity contribution in [3.05, 3.63) is 114 Å². The van der Waals surface area contributed by atoms with Crippen molar-refractivity contribution in [3.63, 3.8) is 0 Å². The van der Waals surface area contributed by atoms with Gasteiger partial charge in [-0.1, -0.05) is 90.7 Å². The van der Waals surface area contributed by atoms with Gasteiger partial charge in [-0.25, -0.2) is 4.90 Å². The molecule has 0 bridgehead atoms. The normalized spacial score (nSPS) is 22.2. The Morgan fingerprint density at radius 1 is 0.750 bits per heavy atom. The van der Waals surface area contributed by atoms with Crippen molar-refractivity contribution >= 4 is 10.8 Å². The zero-order valence-electron chi connectivity index (χ0n) is 17.9. The van der Waals surface area contributed by atoms with Crippen molar-refractivity contribution in [1.29, 1.82) is 0 Å². The second-order valence-electron chi connectivity index (χ2n) is 8.61. The Labute approximate surface area is 189 Å². The third-order valence-corrected chi connectivity index (χ3v) is 6.66. The number of benzene rings is 4. The van der Waals surface area contributed by atoms with Crippen molar-refractivity contribution in [2.45, 2.75) is 37.6 Å². The lowest BCUT2D eigenvalue weighted by Crippen LogP contribution is -2.53. The van der Waals surface area contributed by atoms with E-state index < -0.39 is 0 Å². The second-order valence-corrected chi connectivity index (χ2v) is 8.61. The molecule has 2 heterocycles. The summed E-state index contributed by atoms with van der Waals surface area (Å²) in [5.74, 6) is 8.05. The van der Waals surface area contributed by atoms with E-state index in [0.29, 0.717) is 0 Å². The average molecular weight is 416 g/mol. The maximum atomic E-state index is 6.64. The van der Waals surface area contributed by atoms with Crippen LogP contribution in [0.15, 0.2) is 97.1 Å². The first kappa shape index (κ1) is 19.2. The van der Waals surface area contributed by atoms with Crippen LogP contribution in [0.4, 0.5) is 0 Å². The highest BCUT2D eigenvalue weighted by Crippen LogP contribution is 2.47. The van der Waals surface area contributed by atoms with Gasteiger partial charge in [0, 0.05) is 11.1 Å². The highest BCUT2D eigenvalue weighted by atomic mass is 16.5. The second kappa shape index (κ2) is 8.19. The lowest BCUT2D eigenvalue weighted by atomic mass is 9.86. The van der Waals surface area contributed by atoms with Crippen LogP contribution < -0.4 is 4.74 Å². The van der Waals surface area contributed by atoms with E-state index in [1.807, 2.05) is 18.2 Å². The number of hydrogen-bond acceptors (Lipinski definition) is 2. The number of rotatable bonds is 1. The van der Waals surface area contributed by atoms with E-state index in [2.05, 4.69) is 95.6 Å². The first-order chi connectivity index (χ1) is 15.9. The van der Waals surface area contributed by atoms with Crippen LogP contribution in [0.5, 0.6) is 5.75 Å². The molecule has 0 saturated carbocycles. The topological polar surface area (TPSA) is 12.5 Å². The fourth-order valence-electron chi connectivity index (χ4n) is 5.22. The summed E-state index contributed by atoms with van der Waals surface area (Å²) in [6.07, 6.45) is 3.25. The molecule has 0 aliphatic carbocycles. The smallest absolute Gasteiger partial charge is 0.154 e. The number of nitrogens with zero attached hydrogens (tertiary/aromatic N) is 1. The molecule has 2 heteroatoms. The zero-order chi connectivity index (χ0) is 21.3. The molecule has 2 aliphatic rings. The molecule has 0 spiro atoms. The molecule has 0 N–H and O–H groups in total. The summed E-state index contributed by atoms with van der Waals surface area (Å²) < 4.78 is 6.64. The molecular formula is C30H25NO. The molecule has 0 amide bonds. The molecule has 2 aliphatic heterocycles. The monoisotopic (exact) mass is 415 g/mol. The SMILES string of the molecule is C(#C[C@@H]1CCC[C@@H]2Oc3ccc4ccccc4c3[C@@H](c3ccccc3)N12)c1ccccc1. The van der Waals surface area contributed by atoms with E-state index in [1.54, 1.807) is 0 Å². The summed E-state index contributed by atoms with van der Waals surface area (Å²) in [6.45, 7) is 0. The van der Waals surface area contributed by atoms with Crippen molar-refractivity contribution in [3.8, 4) is 17.6 Å². The fourth-order valence-corrected chi connectivity index (χ4v) is 5.22. The Morgan fingerprint density at radius 2 is 1.50 bits per heavy atom. The molecule has 2 nitrogen and oxygen atoms in total. The maximum Gasteiger partial charge on any atom is 0.154 e. The summed E-state index contributed by atoms with van der Waals surface area (Å²) in [5.41, 5.74) is 3.63. The van der Waals surface area contributed by atoms with Crippen LogP contribution in [0, 0.1) is 11.8 Å². The quantitative estimate of drug-likeness (QED) is 0.327. The molecule has 3 atom stereocenters. The number of fused-ring (bicyclic) bond motifs is 4. The van der Waals surface area contributed by atoms with E-state index in [4.69, 9.17) is 4.74 Å². The van der Waals surface area contributed by atoms with E-state index in [0.717, 1.165) is 30.6 Å². The van der Waals surface area contributed by atoms with Crippen LogP contribution in [0.3, 0.4) is 0 Å². The van der Waals surface area contributed by atoms with Gasteiger partial charge in [0.2, 0.25) is 0 Å². The lowest BCUT2D eigenvalue weighted by Gasteiger charge is -2.48. The average Bonchev–Trinajstić information content (AvgIpc) is 2.87. The van der Waals surface area contributed by atoms with Crippen molar-refractivity contribution < 1.29 is 4.74 Å². The number of ether oxygens (including phenoxy) is 1. The van der Waals surface area contributed by atoms with Crippen LogP contribution >= 0.6 is 0 Å². The molecule has 0 aromatic heterocycles. The Morgan fingerprint density at radius 3 is 2.34 bits per heavy atom. The summed E-state index contributed by atoms with van der Waals surface area (Å²) in [5, 5.41) is 2.51. The minimum absolute atomic E-state index is 0.0395. The summed E-state index contributed by atoms with van der Waals surface area (Å²) >= 11 is 0. The van der Waals surface area contributed by atoms with Gasteiger partial charge < -0.3 is 4.74 Å². The molecule has 1 fully saturated rings. The summed E-state index contributed by atoms with van der Waals surface area (Å²) in [7, 11) is 0. The Balaban J connectivity index is 1.53. The van der Waals surface area contributed by atoms with Crippen LogP contribution in [-0.2, 0) is 0 Å². The van der Waals surface area contributed by atoms with Gasteiger partial charge in [-0.3, -0.25) is 0 Å². The Bertz CT molecular complexity index is 1300. The fraction of sp³-hybridized carbons (Fsp3) is 0.200. The molecule has 32 heavy (non-hydrogen) atoms. The van der Waals surface area contributed by atoms with Crippen molar-refractivity contribution in [1.82, 2.24) is 4.90 Å². The van der Waals surface area contributed by atoms with Gasteiger partial charge in [-0.15, -0.1) is 0 Å². The Hall–Kier alpha value is -3.54. The van der Waals surface area contributed by atoms with Gasteiger partial charge >= 0.3 is 0 Å². The van der Waals surface area contributed by atoms with E-state index in [9.17, 15) is 0 Å². The molecule has 1 saturated heterocycles. The van der Waals surface area contributed by atoms with Gasteiger partial charge in [-0.05, 0) is 53.8 Å². The van der Waals surface area contributed by atoms with Gasteiger partial charge in [0.15, 0.2) is 6.23 Å². The molecular weight excluding hydrogens is 390 g/mol. The predicted octanol–water partition coefficient (Wildman–Crippen LogP) is 6.55. The molecule has 0 unspecified atom stereocenters. The van der Waals surface area contributed by atoms with E-state index in [1.165, 1.54) is 21.9 Å². The van der Waals surface area contributed by atoms with Crippen LogP contribution in [0.25, 0.3) is 10.8 Å². The first-order valence-electron chi connectivity index (χ1n) is 11.5. The van der Waals surface area contributed by atoms with E-state index in [-0.39, 0.29) is 18.3 Å². The van der Waals surface area contributed by atoms with E-state index >= 15 is 0 Å². The maximum absolute atomic E-state index is 6.64. The van der Waals surface area contributed by atoms with Crippen LogP contribution in [-0.4, -0.2) is 17.2 Å². The number of piperidine rings is 1. The first-order valence-corrected chi connectivity index (χ1v) is 11.5.